The number of carboxylic acids is 1. The van der Waals surface area contributed by atoms with Crippen molar-refractivity contribution < 1.29 is 57.4 Å². The van der Waals surface area contributed by atoms with Crippen LogP contribution in [0.15, 0.2) is 72.8 Å². The molecule has 380 valence electrons. The fraction of sp³-hybridized carbons (Fsp3) is 0.520. The number of carboxylic acid groups (broad SMARTS) is 1. The SMILES string of the molecule is CCCCCCCCS(=O)C(C)Cc1ccc2c(c1)OCO2.CSCC[C@H](NC(=O)[C@H](Cc1ccccc1)NC(=O)CNC(=O)CNC(=O)[C@H](Cc1ccc(O)cc1)NC(=O)OC(C)(C)C)C(=O)O. The minimum absolute atomic E-state index is 0.0261. The molecule has 3 aromatic rings. The summed E-state index contributed by atoms with van der Waals surface area (Å²) in [6, 6.07) is 17.4. The summed E-state index contributed by atoms with van der Waals surface area (Å²) in [6.45, 7) is 8.55. The van der Waals surface area contributed by atoms with Gasteiger partial charge in [0.25, 0.3) is 0 Å². The first kappa shape index (κ1) is 57.5. The Balaban J connectivity index is 0.000000474. The Morgan fingerprint density at radius 3 is 1.99 bits per heavy atom. The highest BCUT2D eigenvalue weighted by molar-refractivity contribution is 7.98. The number of unbranched alkanes of at least 4 members (excludes halogenated alkanes) is 5. The zero-order valence-corrected chi connectivity index (χ0v) is 42.3. The van der Waals surface area contributed by atoms with Gasteiger partial charge in [0, 0.05) is 34.6 Å². The van der Waals surface area contributed by atoms with Crippen LogP contribution in [0.3, 0.4) is 0 Å². The maximum absolute atomic E-state index is 13.1. The van der Waals surface area contributed by atoms with Gasteiger partial charge in [0.05, 0.1) is 13.1 Å². The number of amides is 5. The molecule has 0 aromatic heterocycles. The molecule has 0 saturated carbocycles. The fourth-order valence-electron chi connectivity index (χ4n) is 6.85. The van der Waals surface area contributed by atoms with Crippen molar-refractivity contribution in [3.8, 4) is 17.2 Å². The van der Waals surface area contributed by atoms with Gasteiger partial charge in [0.1, 0.15) is 29.5 Å². The zero-order valence-electron chi connectivity index (χ0n) is 40.6. The third kappa shape index (κ3) is 23.4. The van der Waals surface area contributed by atoms with Gasteiger partial charge >= 0.3 is 12.1 Å². The van der Waals surface area contributed by atoms with E-state index in [0.717, 1.165) is 35.7 Å². The number of ether oxygens (including phenoxy) is 3. The second kappa shape index (κ2) is 30.6. The number of thioether (sulfide) groups is 1. The van der Waals surface area contributed by atoms with E-state index >= 15 is 0 Å². The first-order valence-corrected chi connectivity index (χ1v) is 26.1. The molecule has 19 heteroatoms. The smallest absolute Gasteiger partial charge is 0.408 e. The second-order valence-corrected chi connectivity index (χ2v) is 20.6. The molecular formula is C50H71N5O12S2. The normalized spacial score (nSPS) is 13.8. The van der Waals surface area contributed by atoms with E-state index in [1.165, 1.54) is 61.6 Å². The van der Waals surface area contributed by atoms with Gasteiger partial charge in [-0.05, 0) is 93.0 Å². The predicted octanol–water partition coefficient (Wildman–Crippen LogP) is 5.57. The van der Waals surface area contributed by atoms with Crippen LogP contribution in [0.4, 0.5) is 4.79 Å². The van der Waals surface area contributed by atoms with Gasteiger partial charge < -0.3 is 51.0 Å². The molecule has 5 atom stereocenters. The summed E-state index contributed by atoms with van der Waals surface area (Å²) >= 11 is 1.43. The van der Waals surface area contributed by atoms with Gasteiger partial charge in [-0.2, -0.15) is 11.8 Å². The van der Waals surface area contributed by atoms with Crippen molar-refractivity contribution in [2.45, 2.75) is 128 Å². The van der Waals surface area contributed by atoms with Crippen LogP contribution in [0.1, 0.15) is 96.3 Å². The van der Waals surface area contributed by atoms with E-state index in [0.29, 0.717) is 18.1 Å². The molecule has 0 spiro atoms. The highest BCUT2D eigenvalue weighted by Crippen LogP contribution is 2.33. The Hall–Kier alpha value is -5.82. The molecule has 1 aliphatic heterocycles. The van der Waals surface area contributed by atoms with Crippen molar-refractivity contribution in [1.82, 2.24) is 26.6 Å². The summed E-state index contributed by atoms with van der Waals surface area (Å²) in [5.41, 5.74) is 1.69. The van der Waals surface area contributed by atoms with Crippen molar-refractivity contribution in [2.24, 2.45) is 0 Å². The molecule has 3 aromatic carbocycles. The van der Waals surface area contributed by atoms with Gasteiger partial charge in [-0.25, -0.2) is 9.59 Å². The minimum atomic E-state index is -1.20. The first-order chi connectivity index (χ1) is 32.9. The molecule has 1 aliphatic rings. The van der Waals surface area contributed by atoms with E-state index in [9.17, 15) is 43.2 Å². The number of carbonyl (C=O) groups is 6. The lowest BCUT2D eigenvalue weighted by Crippen LogP contribution is -2.54. The van der Waals surface area contributed by atoms with Crippen molar-refractivity contribution in [3.05, 3.63) is 89.5 Å². The number of nitrogens with one attached hydrogen (secondary N) is 5. The maximum atomic E-state index is 13.1. The number of rotatable bonds is 27. The van der Waals surface area contributed by atoms with Gasteiger partial charge in [-0.1, -0.05) is 94.5 Å². The summed E-state index contributed by atoms with van der Waals surface area (Å²) in [5, 5.41) is 31.6. The average Bonchev–Trinajstić information content (AvgIpc) is 3.78. The summed E-state index contributed by atoms with van der Waals surface area (Å²) in [6.07, 6.45) is 9.59. The number of hydrogen-bond acceptors (Lipinski definition) is 12. The van der Waals surface area contributed by atoms with E-state index in [-0.39, 0.29) is 30.3 Å². The van der Waals surface area contributed by atoms with Crippen LogP contribution < -0.4 is 36.1 Å². The predicted molar refractivity (Wildman–Crippen MR) is 268 cm³/mol. The minimum Gasteiger partial charge on any atom is -0.508 e. The van der Waals surface area contributed by atoms with Crippen molar-refractivity contribution in [2.75, 3.05) is 37.6 Å². The Labute approximate surface area is 412 Å². The molecule has 0 bridgehead atoms. The first-order valence-electron chi connectivity index (χ1n) is 23.3. The quantitative estimate of drug-likeness (QED) is 0.0463. The number of fused-ring (bicyclic) bond motifs is 1. The monoisotopic (exact) mass is 997 g/mol. The number of alkyl carbamates (subject to hydrolysis) is 1. The van der Waals surface area contributed by atoms with Crippen LogP contribution in [0.2, 0.25) is 0 Å². The molecule has 17 nitrogen and oxygen atoms in total. The van der Waals surface area contributed by atoms with E-state index < -0.39 is 83.3 Å². The van der Waals surface area contributed by atoms with Gasteiger partial charge in [0.2, 0.25) is 30.4 Å². The van der Waals surface area contributed by atoms with E-state index in [1.54, 1.807) is 63.2 Å². The number of aliphatic carboxylic acids is 1. The van der Waals surface area contributed by atoms with E-state index in [4.69, 9.17) is 14.2 Å². The Morgan fingerprint density at radius 1 is 0.725 bits per heavy atom. The number of carbonyl (C=O) groups excluding carboxylic acids is 5. The fourth-order valence-corrected chi connectivity index (χ4v) is 8.59. The average molecular weight is 998 g/mol. The lowest BCUT2D eigenvalue weighted by molar-refractivity contribution is -0.142. The molecular weight excluding hydrogens is 927 g/mol. The molecule has 69 heavy (non-hydrogen) atoms. The van der Waals surface area contributed by atoms with Crippen LogP contribution in [0.25, 0.3) is 0 Å². The van der Waals surface area contributed by atoms with Crippen molar-refractivity contribution in [3.63, 3.8) is 0 Å². The van der Waals surface area contributed by atoms with Crippen LogP contribution >= 0.6 is 11.8 Å². The van der Waals surface area contributed by atoms with Crippen LogP contribution in [-0.4, -0.2) is 117 Å². The lowest BCUT2D eigenvalue weighted by Gasteiger charge is -2.23. The van der Waals surface area contributed by atoms with Crippen LogP contribution in [-0.2, 0) is 58.8 Å². The van der Waals surface area contributed by atoms with E-state index in [2.05, 4.69) is 40.4 Å². The molecule has 2 unspecified atom stereocenters. The standard InChI is InChI=1S/C32H43N5O9S.C18H28O3S/c1-32(2,3)46-31(45)37-24(17-21-10-12-22(38)13-11-21)28(41)34-18-26(39)33-19-27(40)35-25(16-20-8-6-5-7-9-20)29(42)36-23(30(43)44)14-15-47-4;1-3-4-5-6-7-8-11-22(19)15(2)12-16-9-10-17-18(13-16)21-14-20-17/h5-13,23-25,38H,14-19H2,1-4H3,(H,33,39)(H,34,41)(H,35,40)(H,36,42)(H,37,45)(H,43,44);9-10,13,15H,3-8,11-12,14H2,1-2H3/t23-,24-,25-;/m0./s1. The van der Waals surface area contributed by atoms with Gasteiger partial charge in [0.15, 0.2) is 11.5 Å². The summed E-state index contributed by atoms with van der Waals surface area (Å²) in [5.74, 6) is -1.03. The number of phenolic OH excluding ortho intramolecular Hbond substituents is 1. The van der Waals surface area contributed by atoms with Crippen molar-refractivity contribution in [1.29, 1.82) is 0 Å². The van der Waals surface area contributed by atoms with Gasteiger partial charge in [-0.15, -0.1) is 0 Å². The third-order valence-electron chi connectivity index (χ3n) is 10.5. The molecule has 0 saturated heterocycles. The number of benzene rings is 3. The Morgan fingerprint density at radius 2 is 1.33 bits per heavy atom. The molecule has 4 rings (SSSR count). The van der Waals surface area contributed by atoms with Gasteiger partial charge in [-0.3, -0.25) is 23.4 Å². The summed E-state index contributed by atoms with van der Waals surface area (Å²) in [7, 11) is -0.743. The Kier molecular flexibility index (Phi) is 25.5. The summed E-state index contributed by atoms with van der Waals surface area (Å²) < 4.78 is 28.3. The molecule has 0 fully saturated rings. The Bertz CT molecular complexity index is 2120. The lowest BCUT2D eigenvalue weighted by atomic mass is 10.0. The van der Waals surface area contributed by atoms with Crippen LogP contribution in [0, 0.1) is 0 Å². The largest absolute Gasteiger partial charge is 0.508 e. The molecule has 0 radical (unpaired) electrons. The zero-order chi connectivity index (χ0) is 50.8. The second-order valence-electron chi connectivity index (χ2n) is 17.6. The molecule has 0 aliphatic carbocycles. The maximum Gasteiger partial charge on any atom is 0.408 e. The molecule has 1 heterocycles. The number of aromatic hydroxyl groups is 1. The topological polar surface area (TPSA) is 248 Å². The third-order valence-corrected chi connectivity index (χ3v) is 12.9. The summed E-state index contributed by atoms with van der Waals surface area (Å²) in [4.78, 5) is 75.4. The van der Waals surface area contributed by atoms with E-state index in [1.807, 2.05) is 24.5 Å². The molecule has 5 amide bonds. The van der Waals surface area contributed by atoms with Crippen molar-refractivity contribution >= 4 is 58.3 Å². The number of hydrogen-bond donors (Lipinski definition) is 7. The molecule has 7 N–H and O–H groups in total. The highest BCUT2D eigenvalue weighted by Gasteiger charge is 2.28. The highest BCUT2D eigenvalue weighted by atomic mass is 32.2. The number of phenols is 1. The van der Waals surface area contributed by atoms with Crippen LogP contribution in [0.5, 0.6) is 17.2 Å².